The Morgan fingerprint density at radius 1 is 1.04 bits per heavy atom. The average molecular weight is 369 g/mol. The predicted molar refractivity (Wildman–Crippen MR) is 94.7 cm³/mol. The molecule has 0 aromatic rings. The fourth-order valence-corrected chi connectivity index (χ4v) is 4.05. The van der Waals surface area contributed by atoms with Crippen molar-refractivity contribution in [2.24, 2.45) is 0 Å². The van der Waals surface area contributed by atoms with Crippen molar-refractivity contribution in [1.82, 2.24) is 15.5 Å². The lowest BCUT2D eigenvalue weighted by molar-refractivity contribution is -0.143. The van der Waals surface area contributed by atoms with E-state index in [1.807, 2.05) is 0 Å². The molecule has 8 heteroatoms. The van der Waals surface area contributed by atoms with Gasteiger partial charge in [0.25, 0.3) is 0 Å². The van der Waals surface area contributed by atoms with Crippen molar-refractivity contribution < 1.29 is 24.2 Å². The standard InChI is InChI=1S/C18H31N3O5/c22-12-16-15(20-18(24)19-13-3-1-2-4-13)6-5-14(26-16)11-17(23)21-7-9-25-10-8-21/h13-16,22H,1-12H2,(H2,19,20,24)/t14-,15+,16-/m0/s1. The normalized spacial score (nSPS) is 30.2. The Kier molecular flexibility index (Phi) is 7.10. The number of rotatable bonds is 5. The summed E-state index contributed by atoms with van der Waals surface area (Å²) in [4.78, 5) is 26.3. The molecule has 2 aliphatic heterocycles. The Hall–Kier alpha value is -1.38. The minimum Gasteiger partial charge on any atom is -0.394 e. The molecule has 1 aliphatic carbocycles. The van der Waals surface area contributed by atoms with Gasteiger partial charge >= 0.3 is 6.03 Å². The number of carbonyl (C=O) groups excluding carboxylic acids is 2. The molecule has 3 atom stereocenters. The maximum Gasteiger partial charge on any atom is 0.315 e. The summed E-state index contributed by atoms with van der Waals surface area (Å²) in [6.45, 7) is 2.24. The second kappa shape index (κ2) is 9.53. The summed E-state index contributed by atoms with van der Waals surface area (Å²) >= 11 is 0. The Morgan fingerprint density at radius 2 is 1.77 bits per heavy atom. The minimum absolute atomic E-state index is 0.0698. The molecule has 3 fully saturated rings. The molecule has 3 rings (SSSR count). The van der Waals surface area contributed by atoms with Gasteiger partial charge < -0.3 is 30.1 Å². The third-order valence-corrected chi connectivity index (χ3v) is 5.57. The molecule has 2 saturated heterocycles. The van der Waals surface area contributed by atoms with E-state index in [-0.39, 0.29) is 36.7 Å². The molecule has 0 unspecified atom stereocenters. The van der Waals surface area contributed by atoms with Crippen molar-refractivity contribution in [3.05, 3.63) is 0 Å². The first-order valence-electron chi connectivity index (χ1n) is 9.84. The number of aliphatic hydroxyl groups is 1. The smallest absolute Gasteiger partial charge is 0.315 e. The first-order chi connectivity index (χ1) is 12.7. The Balaban J connectivity index is 1.43. The maximum atomic E-state index is 12.4. The minimum atomic E-state index is -0.472. The van der Waals surface area contributed by atoms with E-state index < -0.39 is 6.10 Å². The molecular formula is C18H31N3O5. The highest BCUT2D eigenvalue weighted by atomic mass is 16.5. The summed E-state index contributed by atoms with van der Waals surface area (Å²) in [6, 6.07) is -0.158. The number of aliphatic hydroxyl groups excluding tert-OH is 1. The second-order valence-corrected chi connectivity index (χ2v) is 7.46. The van der Waals surface area contributed by atoms with Crippen molar-refractivity contribution in [2.75, 3.05) is 32.9 Å². The molecule has 0 radical (unpaired) electrons. The number of urea groups is 1. The summed E-state index contributed by atoms with van der Waals surface area (Å²) in [6.07, 6.45) is 5.42. The molecule has 0 spiro atoms. The number of hydrogen-bond acceptors (Lipinski definition) is 5. The van der Waals surface area contributed by atoms with E-state index in [2.05, 4.69) is 10.6 Å². The van der Waals surface area contributed by atoms with Crippen LogP contribution in [0.1, 0.15) is 44.9 Å². The number of amides is 3. The third kappa shape index (κ3) is 5.31. The van der Waals surface area contributed by atoms with Gasteiger partial charge in [0.1, 0.15) is 6.10 Å². The van der Waals surface area contributed by atoms with Crippen molar-refractivity contribution in [3.8, 4) is 0 Å². The zero-order valence-corrected chi connectivity index (χ0v) is 15.3. The van der Waals surface area contributed by atoms with Crippen molar-refractivity contribution in [3.63, 3.8) is 0 Å². The van der Waals surface area contributed by atoms with Crippen molar-refractivity contribution in [2.45, 2.75) is 69.2 Å². The fraction of sp³-hybridized carbons (Fsp3) is 0.889. The number of hydrogen-bond donors (Lipinski definition) is 3. The van der Waals surface area contributed by atoms with Crippen LogP contribution in [0, 0.1) is 0 Å². The lowest BCUT2D eigenvalue weighted by atomic mass is 9.97. The molecule has 3 amide bonds. The van der Waals surface area contributed by atoms with Crippen LogP contribution in [0.3, 0.4) is 0 Å². The van der Waals surface area contributed by atoms with Crippen LogP contribution in [0.2, 0.25) is 0 Å². The van der Waals surface area contributed by atoms with Crippen LogP contribution in [0.5, 0.6) is 0 Å². The fourth-order valence-electron chi connectivity index (χ4n) is 4.05. The summed E-state index contributed by atoms with van der Waals surface area (Å²) in [5.74, 6) is 0.0698. The third-order valence-electron chi connectivity index (χ3n) is 5.57. The van der Waals surface area contributed by atoms with Gasteiger partial charge in [0, 0.05) is 19.1 Å². The topological polar surface area (TPSA) is 100 Å². The Morgan fingerprint density at radius 3 is 2.46 bits per heavy atom. The van der Waals surface area contributed by atoms with Gasteiger partial charge in [-0.3, -0.25) is 4.79 Å². The van der Waals surface area contributed by atoms with E-state index in [1.54, 1.807) is 4.90 Å². The predicted octanol–water partition coefficient (Wildman–Crippen LogP) is 0.386. The molecular weight excluding hydrogens is 338 g/mol. The zero-order chi connectivity index (χ0) is 18.4. The number of morpholine rings is 1. The molecule has 0 aromatic heterocycles. The highest BCUT2D eigenvalue weighted by Crippen LogP contribution is 2.23. The molecule has 0 bridgehead atoms. The molecule has 8 nitrogen and oxygen atoms in total. The largest absolute Gasteiger partial charge is 0.394 e. The first kappa shape index (κ1) is 19.4. The summed E-state index contributed by atoms with van der Waals surface area (Å²) in [5, 5.41) is 15.6. The number of ether oxygens (including phenoxy) is 2. The van der Waals surface area contributed by atoms with Gasteiger partial charge in [0.15, 0.2) is 0 Å². The molecule has 3 aliphatic rings. The quantitative estimate of drug-likeness (QED) is 0.651. The SMILES string of the molecule is O=C(NC1CCCC1)N[C@@H]1CC[C@@H](CC(=O)N2CCOCC2)O[C@H]1CO. The second-order valence-electron chi connectivity index (χ2n) is 7.46. The maximum absolute atomic E-state index is 12.4. The van der Waals surface area contributed by atoms with E-state index in [1.165, 1.54) is 0 Å². The van der Waals surface area contributed by atoms with Crippen LogP contribution in [0.15, 0.2) is 0 Å². The van der Waals surface area contributed by atoms with Gasteiger partial charge in [-0.25, -0.2) is 4.79 Å². The van der Waals surface area contributed by atoms with Crippen LogP contribution >= 0.6 is 0 Å². The molecule has 0 aromatic carbocycles. The highest BCUT2D eigenvalue weighted by molar-refractivity contribution is 5.77. The van der Waals surface area contributed by atoms with Crippen LogP contribution in [-0.2, 0) is 14.3 Å². The van der Waals surface area contributed by atoms with E-state index in [0.717, 1.165) is 25.7 Å². The van der Waals surface area contributed by atoms with Crippen LogP contribution in [0.25, 0.3) is 0 Å². The summed E-state index contributed by atoms with van der Waals surface area (Å²) in [7, 11) is 0. The highest BCUT2D eigenvalue weighted by Gasteiger charge is 2.34. The first-order valence-corrected chi connectivity index (χ1v) is 9.84. The Bertz CT molecular complexity index is 477. The van der Waals surface area contributed by atoms with Gasteiger partial charge in [0.05, 0.1) is 38.4 Å². The zero-order valence-electron chi connectivity index (χ0n) is 15.3. The number of carbonyl (C=O) groups is 2. The molecule has 3 N–H and O–H groups in total. The summed E-state index contributed by atoms with van der Waals surface area (Å²) < 4.78 is 11.2. The van der Waals surface area contributed by atoms with E-state index in [9.17, 15) is 14.7 Å². The molecule has 148 valence electrons. The summed E-state index contributed by atoms with van der Waals surface area (Å²) in [5.41, 5.74) is 0. The van der Waals surface area contributed by atoms with Gasteiger partial charge in [0.2, 0.25) is 5.91 Å². The van der Waals surface area contributed by atoms with Gasteiger partial charge in [-0.1, -0.05) is 12.8 Å². The lowest BCUT2D eigenvalue weighted by Crippen LogP contribution is -2.55. The molecule has 26 heavy (non-hydrogen) atoms. The van der Waals surface area contributed by atoms with Gasteiger partial charge in [-0.2, -0.15) is 0 Å². The monoisotopic (exact) mass is 369 g/mol. The Labute approximate surface area is 154 Å². The number of nitrogens with zero attached hydrogens (tertiary/aromatic N) is 1. The average Bonchev–Trinajstić information content (AvgIpc) is 3.16. The van der Waals surface area contributed by atoms with Crippen LogP contribution in [-0.4, -0.2) is 79.1 Å². The van der Waals surface area contributed by atoms with Gasteiger partial charge in [-0.05, 0) is 25.7 Å². The van der Waals surface area contributed by atoms with Crippen molar-refractivity contribution in [1.29, 1.82) is 0 Å². The molecule has 2 heterocycles. The van der Waals surface area contributed by atoms with Crippen molar-refractivity contribution >= 4 is 11.9 Å². The van der Waals surface area contributed by atoms with E-state index >= 15 is 0 Å². The number of nitrogens with one attached hydrogen (secondary N) is 2. The van der Waals surface area contributed by atoms with E-state index in [4.69, 9.17) is 9.47 Å². The van der Waals surface area contributed by atoms with Crippen LogP contribution < -0.4 is 10.6 Å². The molecule has 1 saturated carbocycles. The van der Waals surface area contributed by atoms with Crippen LogP contribution in [0.4, 0.5) is 4.79 Å². The van der Waals surface area contributed by atoms with E-state index in [0.29, 0.717) is 45.6 Å². The lowest BCUT2D eigenvalue weighted by Gasteiger charge is -2.37. The van der Waals surface area contributed by atoms with Gasteiger partial charge in [-0.15, -0.1) is 0 Å².